The molecule has 2 unspecified atom stereocenters. The first-order chi connectivity index (χ1) is 7.68. The largest absolute Gasteiger partial charge is 0.380 e. The molecule has 0 aromatic heterocycles. The molecule has 3 heteroatoms. The van der Waals surface area contributed by atoms with Crippen LogP contribution in [0.5, 0.6) is 0 Å². The fourth-order valence-electron chi connectivity index (χ4n) is 1.80. The first-order valence-corrected chi connectivity index (χ1v) is 8.31. The minimum Gasteiger partial charge on any atom is -0.380 e. The summed E-state index contributed by atoms with van der Waals surface area (Å²) in [7, 11) is -1.07. The summed E-state index contributed by atoms with van der Waals surface area (Å²) in [5.74, 6) is 0. The monoisotopic (exact) mass is 248 g/mol. The van der Waals surface area contributed by atoms with Gasteiger partial charge in [-0.25, -0.2) is 0 Å². The van der Waals surface area contributed by atoms with Gasteiger partial charge < -0.3 is 5.11 Å². The average molecular weight is 248 g/mol. The molecule has 0 rings (SSSR count). The molecule has 0 aromatic rings. The SMILES string of the molecule is CCCCCCCCCCCC(O)S(C)=O. The Kier molecular flexibility index (Phi) is 11.7. The molecule has 98 valence electrons. The Bertz CT molecular complexity index is 171. The molecule has 0 aliphatic heterocycles. The van der Waals surface area contributed by atoms with Gasteiger partial charge in [-0.2, -0.15) is 0 Å². The van der Waals surface area contributed by atoms with Gasteiger partial charge in [0.05, 0.1) is 0 Å². The molecular weight excluding hydrogens is 220 g/mol. The van der Waals surface area contributed by atoms with Crippen LogP contribution in [0.15, 0.2) is 0 Å². The molecule has 0 aliphatic rings. The summed E-state index contributed by atoms with van der Waals surface area (Å²) in [6.07, 6.45) is 13.8. The van der Waals surface area contributed by atoms with Crippen molar-refractivity contribution in [3.05, 3.63) is 0 Å². The lowest BCUT2D eigenvalue weighted by Crippen LogP contribution is -2.12. The molecule has 0 aliphatic carbocycles. The molecule has 0 aromatic carbocycles. The smallest absolute Gasteiger partial charge is 0.128 e. The molecule has 2 atom stereocenters. The van der Waals surface area contributed by atoms with E-state index in [0.717, 1.165) is 6.42 Å². The lowest BCUT2D eigenvalue weighted by atomic mass is 10.1. The van der Waals surface area contributed by atoms with Crippen molar-refractivity contribution >= 4 is 10.8 Å². The summed E-state index contributed by atoms with van der Waals surface area (Å²) in [6.45, 7) is 2.24. The second kappa shape index (κ2) is 11.6. The molecule has 0 saturated heterocycles. The summed E-state index contributed by atoms with van der Waals surface area (Å²) < 4.78 is 10.9. The number of aliphatic hydroxyl groups is 1. The van der Waals surface area contributed by atoms with Gasteiger partial charge in [0, 0.05) is 17.1 Å². The minimum atomic E-state index is -1.07. The third-order valence-corrected chi connectivity index (χ3v) is 3.94. The van der Waals surface area contributed by atoms with E-state index < -0.39 is 16.2 Å². The van der Waals surface area contributed by atoms with E-state index in [1.165, 1.54) is 51.4 Å². The van der Waals surface area contributed by atoms with Gasteiger partial charge in [0.25, 0.3) is 0 Å². The third-order valence-electron chi connectivity index (χ3n) is 2.94. The fourth-order valence-corrected chi connectivity index (χ4v) is 2.29. The molecule has 0 saturated carbocycles. The first kappa shape index (κ1) is 16.1. The van der Waals surface area contributed by atoms with Gasteiger partial charge in [-0.05, 0) is 12.8 Å². The van der Waals surface area contributed by atoms with Gasteiger partial charge in [-0.3, -0.25) is 4.21 Å². The number of hydrogen-bond acceptors (Lipinski definition) is 2. The topological polar surface area (TPSA) is 37.3 Å². The number of rotatable bonds is 11. The number of aliphatic hydroxyl groups excluding tert-OH is 1. The normalized spacial score (nSPS) is 14.9. The van der Waals surface area contributed by atoms with Crippen LogP contribution in [0, 0.1) is 0 Å². The Morgan fingerprint density at radius 3 is 1.81 bits per heavy atom. The molecule has 1 N–H and O–H groups in total. The maximum absolute atomic E-state index is 10.9. The van der Waals surface area contributed by atoms with E-state index in [-0.39, 0.29) is 0 Å². The quantitative estimate of drug-likeness (QED) is 0.567. The van der Waals surface area contributed by atoms with Gasteiger partial charge >= 0.3 is 0 Å². The Balaban J connectivity index is 3.07. The molecular formula is C13H28O2S. The Labute approximate surface area is 103 Å². The van der Waals surface area contributed by atoms with E-state index in [1.54, 1.807) is 6.26 Å². The van der Waals surface area contributed by atoms with Crippen molar-refractivity contribution in [3.8, 4) is 0 Å². The second-order valence-electron chi connectivity index (χ2n) is 4.57. The maximum Gasteiger partial charge on any atom is 0.128 e. The van der Waals surface area contributed by atoms with Gasteiger partial charge in [0.15, 0.2) is 0 Å². The first-order valence-electron chi connectivity index (χ1n) is 6.68. The van der Waals surface area contributed by atoms with Crippen molar-refractivity contribution in [2.45, 2.75) is 76.6 Å². The van der Waals surface area contributed by atoms with Crippen LogP contribution in [0.1, 0.15) is 71.1 Å². The van der Waals surface area contributed by atoms with Gasteiger partial charge in [0.1, 0.15) is 5.44 Å². The van der Waals surface area contributed by atoms with E-state index in [1.807, 2.05) is 0 Å². The molecule has 0 bridgehead atoms. The summed E-state index contributed by atoms with van der Waals surface area (Å²) in [6, 6.07) is 0. The van der Waals surface area contributed by atoms with Crippen LogP contribution in [0.25, 0.3) is 0 Å². The van der Waals surface area contributed by atoms with Crippen LogP contribution in [-0.2, 0) is 10.8 Å². The Morgan fingerprint density at radius 2 is 1.38 bits per heavy atom. The molecule has 0 amide bonds. The van der Waals surface area contributed by atoms with Crippen LogP contribution in [0.3, 0.4) is 0 Å². The summed E-state index contributed by atoms with van der Waals surface area (Å²) in [5, 5.41) is 9.33. The van der Waals surface area contributed by atoms with Crippen LogP contribution >= 0.6 is 0 Å². The van der Waals surface area contributed by atoms with Crippen molar-refractivity contribution in [2.75, 3.05) is 6.26 Å². The minimum absolute atomic E-state index is 0.607. The van der Waals surface area contributed by atoms with E-state index in [2.05, 4.69) is 6.92 Å². The van der Waals surface area contributed by atoms with Crippen LogP contribution in [0.4, 0.5) is 0 Å². The second-order valence-corrected chi connectivity index (χ2v) is 6.11. The highest BCUT2D eigenvalue weighted by Crippen LogP contribution is 2.11. The standard InChI is InChI=1S/C13H28O2S/c1-3-4-5-6-7-8-9-10-11-12-13(14)16(2)15/h13-14H,3-12H2,1-2H3. The van der Waals surface area contributed by atoms with Crippen LogP contribution < -0.4 is 0 Å². The van der Waals surface area contributed by atoms with Gasteiger partial charge in [-0.1, -0.05) is 58.3 Å². The number of unbranched alkanes of at least 4 members (excludes halogenated alkanes) is 8. The predicted molar refractivity (Wildman–Crippen MR) is 71.9 cm³/mol. The zero-order valence-electron chi connectivity index (χ0n) is 10.9. The summed E-state index contributed by atoms with van der Waals surface area (Å²) >= 11 is 0. The Morgan fingerprint density at radius 1 is 0.938 bits per heavy atom. The molecule has 0 fully saturated rings. The number of hydrogen-bond donors (Lipinski definition) is 1. The van der Waals surface area contributed by atoms with Crippen LogP contribution in [0.2, 0.25) is 0 Å². The Hall–Kier alpha value is 0.110. The molecule has 0 spiro atoms. The van der Waals surface area contributed by atoms with Crippen molar-refractivity contribution in [3.63, 3.8) is 0 Å². The zero-order chi connectivity index (χ0) is 12.2. The highest BCUT2D eigenvalue weighted by molar-refractivity contribution is 7.84. The van der Waals surface area contributed by atoms with E-state index >= 15 is 0 Å². The molecule has 2 nitrogen and oxygen atoms in total. The van der Waals surface area contributed by atoms with Gasteiger partial charge in [-0.15, -0.1) is 0 Å². The van der Waals surface area contributed by atoms with E-state index in [9.17, 15) is 9.32 Å². The summed E-state index contributed by atoms with van der Waals surface area (Å²) in [5.41, 5.74) is -0.607. The van der Waals surface area contributed by atoms with Crippen molar-refractivity contribution in [1.82, 2.24) is 0 Å². The molecule has 0 heterocycles. The third kappa shape index (κ3) is 10.6. The average Bonchev–Trinajstić information content (AvgIpc) is 2.26. The fraction of sp³-hybridized carbons (Fsp3) is 1.00. The predicted octanol–water partition coefficient (Wildman–Crippen LogP) is 3.60. The van der Waals surface area contributed by atoms with Crippen molar-refractivity contribution < 1.29 is 9.32 Å². The van der Waals surface area contributed by atoms with E-state index in [4.69, 9.17) is 0 Å². The zero-order valence-corrected chi connectivity index (χ0v) is 11.7. The van der Waals surface area contributed by atoms with Crippen molar-refractivity contribution in [1.29, 1.82) is 0 Å². The van der Waals surface area contributed by atoms with E-state index in [0.29, 0.717) is 6.42 Å². The highest BCUT2D eigenvalue weighted by atomic mass is 32.2. The highest BCUT2D eigenvalue weighted by Gasteiger charge is 2.06. The summed E-state index contributed by atoms with van der Waals surface area (Å²) in [4.78, 5) is 0. The maximum atomic E-state index is 10.9. The van der Waals surface area contributed by atoms with Crippen LogP contribution in [-0.4, -0.2) is 21.0 Å². The van der Waals surface area contributed by atoms with Crippen molar-refractivity contribution in [2.24, 2.45) is 0 Å². The molecule has 0 radical (unpaired) electrons. The lowest BCUT2D eigenvalue weighted by molar-refractivity contribution is 0.241. The van der Waals surface area contributed by atoms with Gasteiger partial charge in [0.2, 0.25) is 0 Å². The molecule has 16 heavy (non-hydrogen) atoms. The lowest BCUT2D eigenvalue weighted by Gasteiger charge is -2.06.